The number of amides is 2. The van der Waals surface area contributed by atoms with Gasteiger partial charge in [0.1, 0.15) is 6.04 Å². The third kappa shape index (κ3) is 7.00. The number of carbonyl (C=O) groups excluding carboxylic acids is 2. The topological polar surface area (TPSA) is 120 Å². The second kappa shape index (κ2) is 13.8. The average Bonchev–Trinajstić information content (AvgIpc) is 3.40. The lowest BCUT2D eigenvalue weighted by molar-refractivity contribution is -0.137. The molecule has 1 unspecified atom stereocenters. The summed E-state index contributed by atoms with van der Waals surface area (Å²) in [6.07, 6.45) is 0.979. The molecule has 0 saturated carbocycles. The number of anilines is 2. The molecule has 1 atom stereocenters. The van der Waals surface area contributed by atoms with Crippen LogP contribution in [0.2, 0.25) is 0 Å². The Morgan fingerprint density at radius 2 is 2.00 bits per heavy atom. The van der Waals surface area contributed by atoms with Crippen molar-refractivity contribution < 1.29 is 23.8 Å². The number of methoxy groups -OCH3 is 1. The van der Waals surface area contributed by atoms with Gasteiger partial charge in [-0.25, -0.2) is 4.68 Å². The number of carbonyl (C=O) groups is 2. The molecule has 1 fully saturated rings. The Kier molecular flexibility index (Phi) is 9.93. The fourth-order valence-electron chi connectivity index (χ4n) is 4.99. The number of halogens is 1. The van der Waals surface area contributed by atoms with Crippen LogP contribution in [0.3, 0.4) is 0 Å². The molecule has 2 amide bonds. The molecule has 43 heavy (non-hydrogen) atoms. The minimum atomic E-state index is -0.626. The molecule has 3 aromatic rings. The van der Waals surface area contributed by atoms with E-state index in [-0.39, 0.29) is 18.4 Å². The summed E-state index contributed by atoms with van der Waals surface area (Å²) in [4.78, 5) is 33.1. The van der Waals surface area contributed by atoms with Gasteiger partial charge in [0, 0.05) is 30.2 Å². The van der Waals surface area contributed by atoms with E-state index < -0.39 is 6.04 Å². The number of ether oxygens (including phenoxy) is 3. The molecular formula is C30H35BrN6O5S. The van der Waals surface area contributed by atoms with Crippen LogP contribution in [0.15, 0.2) is 57.3 Å². The molecule has 0 bridgehead atoms. The molecular weight excluding hydrogens is 636 g/mol. The summed E-state index contributed by atoms with van der Waals surface area (Å²) >= 11 is 5.19. The molecule has 11 nitrogen and oxygen atoms in total. The van der Waals surface area contributed by atoms with E-state index in [4.69, 9.17) is 24.3 Å². The Bertz CT molecular complexity index is 1540. The number of hydrogen-bond donors (Lipinski definition) is 2. The first-order valence-electron chi connectivity index (χ1n) is 14.1. The number of hydrogen-bond acceptors (Lipinski definition) is 9. The zero-order valence-corrected chi connectivity index (χ0v) is 27.0. The maximum Gasteiger partial charge on any atom is 0.260 e. The van der Waals surface area contributed by atoms with Gasteiger partial charge >= 0.3 is 0 Å². The number of rotatable bonds is 10. The van der Waals surface area contributed by atoms with E-state index in [9.17, 15) is 9.59 Å². The number of allylic oxidation sites excluding steroid dienone is 1. The number of aromatic nitrogens is 3. The van der Waals surface area contributed by atoms with Crippen LogP contribution in [-0.4, -0.2) is 77.3 Å². The van der Waals surface area contributed by atoms with Crippen LogP contribution >= 0.6 is 27.7 Å². The normalized spacial score (nSPS) is 16.4. The van der Waals surface area contributed by atoms with Crippen molar-refractivity contribution in [3.8, 4) is 11.5 Å². The van der Waals surface area contributed by atoms with E-state index in [1.165, 1.54) is 7.11 Å². The fraction of sp³-hybridized carbons (Fsp3) is 0.400. The average molecular weight is 672 g/mol. The molecule has 3 heterocycles. The summed E-state index contributed by atoms with van der Waals surface area (Å²) in [5.41, 5.74) is 3.60. The molecule has 2 N–H and O–H groups in total. The Morgan fingerprint density at radius 1 is 1.21 bits per heavy atom. The summed E-state index contributed by atoms with van der Waals surface area (Å²) < 4.78 is 19.4. The van der Waals surface area contributed by atoms with Crippen molar-refractivity contribution in [3.05, 3.63) is 63.3 Å². The van der Waals surface area contributed by atoms with Gasteiger partial charge in [0.2, 0.25) is 11.1 Å². The summed E-state index contributed by atoms with van der Waals surface area (Å²) in [5, 5.41) is 11.7. The van der Waals surface area contributed by atoms with Crippen LogP contribution in [0.25, 0.3) is 0 Å². The fourth-order valence-corrected chi connectivity index (χ4v) is 6.24. The third-order valence-corrected chi connectivity index (χ3v) is 8.69. The number of aryl methyl sites for hydroxylation is 1. The van der Waals surface area contributed by atoms with Gasteiger partial charge in [0.25, 0.3) is 11.8 Å². The van der Waals surface area contributed by atoms with Crippen LogP contribution in [0.4, 0.5) is 11.6 Å². The van der Waals surface area contributed by atoms with Gasteiger partial charge in [-0.2, -0.15) is 4.98 Å². The molecule has 228 valence electrons. The smallest absolute Gasteiger partial charge is 0.260 e. The number of nitrogens with one attached hydrogen (secondary N) is 2. The van der Waals surface area contributed by atoms with Gasteiger partial charge in [0.05, 0.1) is 30.4 Å². The van der Waals surface area contributed by atoms with Gasteiger partial charge < -0.3 is 29.7 Å². The number of fused-ring (bicyclic) bond motifs is 1. The van der Waals surface area contributed by atoms with Crippen molar-refractivity contribution in [2.24, 2.45) is 0 Å². The van der Waals surface area contributed by atoms with Crippen LogP contribution in [-0.2, 0) is 14.3 Å². The van der Waals surface area contributed by atoms with Gasteiger partial charge in [-0.15, -0.1) is 5.10 Å². The summed E-state index contributed by atoms with van der Waals surface area (Å²) in [7, 11) is 1.54. The monoisotopic (exact) mass is 670 g/mol. The molecule has 5 rings (SSSR count). The highest BCUT2D eigenvalue weighted by atomic mass is 79.9. The van der Waals surface area contributed by atoms with Crippen molar-refractivity contribution in [2.75, 3.05) is 56.4 Å². The lowest BCUT2D eigenvalue weighted by Gasteiger charge is -2.29. The van der Waals surface area contributed by atoms with Crippen molar-refractivity contribution in [1.29, 1.82) is 0 Å². The number of nitrogens with zero attached hydrogens (tertiary/aromatic N) is 4. The van der Waals surface area contributed by atoms with Gasteiger partial charge in [-0.1, -0.05) is 30.8 Å². The lowest BCUT2D eigenvalue weighted by Crippen LogP contribution is -2.43. The predicted octanol–water partition coefficient (Wildman–Crippen LogP) is 5.02. The zero-order chi connectivity index (χ0) is 30.5. The van der Waals surface area contributed by atoms with Crippen LogP contribution < -0.4 is 20.1 Å². The molecule has 2 aromatic carbocycles. The van der Waals surface area contributed by atoms with Crippen molar-refractivity contribution in [1.82, 2.24) is 19.7 Å². The maximum absolute atomic E-state index is 13.9. The van der Waals surface area contributed by atoms with Crippen molar-refractivity contribution >= 4 is 51.1 Å². The Hall–Kier alpha value is -3.55. The highest BCUT2D eigenvalue weighted by molar-refractivity contribution is 9.10. The second-order valence-electron chi connectivity index (χ2n) is 10.2. The Labute approximate surface area is 263 Å². The summed E-state index contributed by atoms with van der Waals surface area (Å²) in [6, 6.07) is 10.7. The number of morpholine rings is 1. The van der Waals surface area contributed by atoms with Crippen LogP contribution in [0, 0.1) is 6.92 Å². The Balaban J connectivity index is 1.50. The Morgan fingerprint density at radius 3 is 2.72 bits per heavy atom. The van der Waals surface area contributed by atoms with Crippen LogP contribution in [0.5, 0.6) is 11.5 Å². The standard InChI is InChI=1S/C30H35BrN6O5S/c1-5-13-43-30-34-29-32-19(3)25(28(39)33-21-8-6-7-18(2)14-21)26(37(29)35-30)20-15-22(31)27(23(16-20)40-4)42-17-24(38)36-9-11-41-12-10-36/h6-8,14-16,26H,5,9-13,17H2,1-4H3,(H,33,39)(H,32,34,35). The highest BCUT2D eigenvalue weighted by Crippen LogP contribution is 2.43. The van der Waals surface area contributed by atoms with E-state index in [1.54, 1.807) is 21.3 Å². The molecule has 13 heteroatoms. The SMILES string of the molecule is CCCSc1nc2n(n1)C(c1cc(Br)c(OCC(=O)N3CCOCC3)c(OC)c1)C(C(=O)Nc1cccc(C)c1)=C(C)N2. The lowest BCUT2D eigenvalue weighted by atomic mass is 9.94. The van der Waals surface area contributed by atoms with E-state index >= 15 is 0 Å². The first-order chi connectivity index (χ1) is 20.8. The predicted molar refractivity (Wildman–Crippen MR) is 169 cm³/mol. The van der Waals surface area contributed by atoms with Crippen molar-refractivity contribution in [2.45, 2.75) is 38.4 Å². The molecule has 2 aliphatic rings. The molecule has 0 aliphatic carbocycles. The van der Waals surface area contributed by atoms with Crippen molar-refractivity contribution in [3.63, 3.8) is 0 Å². The van der Waals surface area contributed by atoms with Gasteiger partial charge in [-0.3, -0.25) is 9.59 Å². The maximum atomic E-state index is 13.9. The van der Waals surface area contributed by atoms with E-state index in [0.717, 1.165) is 23.3 Å². The number of benzene rings is 2. The van der Waals surface area contributed by atoms with E-state index in [0.29, 0.717) is 70.3 Å². The third-order valence-electron chi connectivity index (χ3n) is 7.06. The van der Waals surface area contributed by atoms with E-state index in [2.05, 4.69) is 33.5 Å². The molecule has 2 aliphatic heterocycles. The molecule has 1 saturated heterocycles. The second-order valence-corrected chi connectivity index (χ2v) is 12.1. The van der Waals surface area contributed by atoms with E-state index in [1.807, 2.05) is 50.2 Å². The molecule has 0 spiro atoms. The first-order valence-corrected chi connectivity index (χ1v) is 15.9. The highest BCUT2D eigenvalue weighted by Gasteiger charge is 2.35. The zero-order valence-electron chi connectivity index (χ0n) is 24.6. The molecule has 0 radical (unpaired) electrons. The quantitative estimate of drug-likeness (QED) is 0.286. The van der Waals surface area contributed by atoms with Gasteiger partial charge in [0.15, 0.2) is 18.1 Å². The van der Waals surface area contributed by atoms with Crippen LogP contribution in [0.1, 0.15) is 37.4 Å². The van der Waals surface area contributed by atoms with Gasteiger partial charge in [-0.05, 0) is 71.6 Å². The summed E-state index contributed by atoms with van der Waals surface area (Å²) in [5.74, 6) is 1.83. The first kappa shape index (κ1) is 30.9. The minimum absolute atomic E-state index is 0.127. The molecule has 1 aromatic heterocycles. The largest absolute Gasteiger partial charge is 0.493 e. The minimum Gasteiger partial charge on any atom is -0.493 e. The summed E-state index contributed by atoms with van der Waals surface area (Å²) in [6.45, 7) is 7.89. The number of thioether (sulfide) groups is 1.